The second-order valence-corrected chi connectivity index (χ2v) is 26.9. The number of allylic oxidation sites excluding steroid dienone is 14. The molecule has 0 saturated heterocycles. The highest BCUT2D eigenvalue weighted by atomic mass is 31.2. The highest BCUT2D eigenvalue weighted by Crippen LogP contribution is 2.45. The van der Waals surface area contributed by atoms with Gasteiger partial charge >= 0.3 is 33.6 Å². The van der Waals surface area contributed by atoms with Gasteiger partial charge in [-0.05, 0) is 89.9 Å². The Hall–Kier alpha value is -3.27. The van der Waals surface area contributed by atoms with Crippen LogP contribution in [0.15, 0.2) is 85.1 Å². The third-order valence-corrected chi connectivity index (χ3v) is 17.0. The zero-order valence-electron chi connectivity index (χ0n) is 57.3. The monoisotopic (exact) mass is 1320 g/mol. The molecular weight excluding hydrogens is 1190 g/mol. The quantitative estimate of drug-likeness (QED) is 0.0146. The third-order valence-electron chi connectivity index (χ3n) is 15.1. The van der Waals surface area contributed by atoms with Gasteiger partial charge in [0, 0.05) is 19.3 Å². The van der Waals surface area contributed by atoms with Gasteiger partial charge in [-0.2, -0.15) is 0 Å². The molecule has 5 atom stereocenters. The van der Waals surface area contributed by atoms with Crippen molar-refractivity contribution in [3.05, 3.63) is 85.1 Å². The largest absolute Gasteiger partial charge is 0.472 e. The molecule has 0 rings (SSSR count). The number of aliphatic hydroxyl groups excluding tert-OH is 2. The lowest BCUT2D eigenvalue weighted by atomic mass is 10.0. The average Bonchev–Trinajstić information content (AvgIpc) is 3.72. The molecule has 0 aliphatic rings. The first kappa shape index (κ1) is 87.7. The van der Waals surface area contributed by atoms with Crippen LogP contribution in [0.3, 0.4) is 0 Å². The Morgan fingerprint density at radius 3 is 0.967 bits per heavy atom. The van der Waals surface area contributed by atoms with Gasteiger partial charge < -0.3 is 34.2 Å². The number of carbonyl (C=O) groups excluding carboxylic acids is 3. The first-order chi connectivity index (χ1) is 44.2. The number of ether oxygens (including phenoxy) is 3. The highest BCUT2D eigenvalue weighted by molar-refractivity contribution is 7.47. The minimum Gasteiger partial charge on any atom is -0.463 e. The molecule has 91 heavy (non-hydrogen) atoms. The maximum atomic E-state index is 12.9. The van der Waals surface area contributed by atoms with E-state index in [4.69, 9.17) is 32.3 Å². The summed E-state index contributed by atoms with van der Waals surface area (Å²) in [7, 11) is -9.76. The van der Waals surface area contributed by atoms with Crippen LogP contribution >= 0.6 is 15.6 Å². The predicted molar refractivity (Wildman–Crippen MR) is 371 cm³/mol. The van der Waals surface area contributed by atoms with Gasteiger partial charge in [-0.25, -0.2) is 9.13 Å². The Balaban J connectivity index is 4.41. The maximum absolute atomic E-state index is 12.9. The number of phosphoric acid groups is 2. The first-order valence-corrected chi connectivity index (χ1v) is 38.9. The van der Waals surface area contributed by atoms with Crippen LogP contribution in [-0.4, -0.2) is 95.9 Å². The highest BCUT2D eigenvalue weighted by Gasteiger charge is 2.29. The standard InChI is InChI=1S/C73H130O16P2/c1-4-7-10-13-16-19-22-24-26-27-28-29-30-31-32-33-34-35-36-37-38-39-41-43-45-47-50-53-56-59-71(76)83-62-68(74)63-85-90(79,80)86-64-69(75)65-87-91(81,82)88-67-70(89-73(78)61-58-55-52-49-44-21-18-15-12-9-6-3)66-84-72(77)60-57-54-51-48-46-42-40-25-23-20-17-14-11-8-5-2/h7,10,15-16,18-19,24,26,28-29,31-32,34-35,68-70,74-75H,4-6,8-9,11-14,17,20-23,25,27,30,33,36-67H2,1-3H3,(H,79,80)(H,81,82)/b10-7-,18-15-,19-16-,26-24-,29-28-,32-31-,35-34-. The predicted octanol–water partition coefficient (Wildman–Crippen LogP) is 20.1. The Bertz CT molecular complexity index is 2000. The molecule has 0 amide bonds. The molecule has 0 aromatic carbocycles. The Labute approximate surface area is 553 Å². The molecule has 0 fully saturated rings. The van der Waals surface area contributed by atoms with Gasteiger partial charge in [-0.1, -0.05) is 279 Å². The number of hydrogen-bond acceptors (Lipinski definition) is 14. The molecule has 0 aliphatic carbocycles. The van der Waals surface area contributed by atoms with E-state index in [2.05, 4.69) is 106 Å². The molecule has 528 valence electrons. The molecule has 0 spiro atoms. The van der Waals surface area contributed by atoms with Crippen molar-refractivity contribution in [1.29, 1.82) is 0 Å². The third kappa shape index (κ3) is 67.9. The summed E-state index contributed by atoms with van der Waals surface area (Å²) in [5.74, 6) is -1.58. The summed E-state index contributed by atoms with van der Waals surface area (Å²) in [4.78, 5) is 58.3. The van der Waals surface area contributed by atoms with Gasteiger partial charge in [-0.15, -0.1) is 0 Å². The van der Waals surface area contributed by atoms with Crippen molar-refractivity contribution < 1.29 is 75.8 Å². The van der Waals surface area contributed by atoms with Gasteiger partial charge in [0.25, 0.3) is 0 Å². The van der Waals surface area contributed by atoms with Crippen molar-refractivity contribution in [3.8, 4) is 0 Å². The van der Waals surface area contributed by atoms with E-state index in [9.17, 15) is 43.5 Å². The molecule has 0 heterocycles. The van der Waals surface area contributed by atoms with Crippen LogP contribution in [0, 0.1) is 0 Å². The summed E-state index contributed by atoms with van der Waals surface area (Å²) in [6.45, 7) is 2.53. The van der Waals surface area contributed by atoms with E-state index in [1.165, 1.54) is 116 Å². The van der Waals surface area contributed by atoms with Crippen molar-refractivity contribution in [2.45, 2.75) is 322 Å². The molecule has 0 aromatic heterocycles. The SMILES string of the molecule is CC/C=C\C/C=C\C/C=C\C/C=C\C/C=C\C/C=C\CCCCCCCCCCCCC(=O)OCC(O)COP(=O)(O)OCC(O)COP(=O)(O)OCC(COC(=O)CCCCCCCCCCCCCCCCC)OC(=O)CCCCCCC/C=C\CCCC. The molecule has 18 heteroatoms. The summed E-state index contributed by atoms with van der Waals surface area (Å²) in [6.07, 6.45) is 72.2. The van der Waals surface area contributed by atoms with Crippen LogP contribution in [0.4, 0.5) is 0 Å². The lowest BCUT2D eigenvalue weighted by molar-refractivity contribution is -0.161. The van der Waals surface area contributed by atoms with Crippen molar-refractivity contribution in [3.63, 3.8) is 0 Å². The molecule has 16 nitrogen and oxygen atoms in total. The number of hydrogen-bond donors (Lipinski definition) is 4. The maximum Gasteiger partial charge on any atom is 0.472 e. The fourth-order valence-corrected chi connectivity index (χ4v) is 11.2. The smallest absolute Gasteiger partial charge is 0.463 e. The van der Waals surface area contributed by atoms with E-state index in [1.807, 2.05) is 0 Å². The van der Waals surface area contributed by atoms with E-state index in [-0.39, 0.29) is 19.3 Å². The second kappa shape index (κ2) is 66.7. The Morgan fingerprint density at radius 2 is 0.593 bits per heavy atom. The topological polar surface area (TPSA) is 231 Å². The molecule has 0 aliphatic heterocycles. The van der Waals surface area contributed by atoms with Crippen molar-refractivity contribution in [1.82, 2.24) is 0 Å². The van der Waals surface area contributed by atoms with E-state index < -0.39 is 91.5 Å². The zero-order chi connectivity index (χ0) is 66.7. The lowest BCUT2D eigenvalue weighted by Crippen LogP contribution is -2.30. The molecule has 0 aromatic rings. The number of carbonyl (C=O) groups is 3. The minimum atomic E-state index is -4.92. The fourth-order valence-electron chi connectivity index (χ4n) is 9.61. The summed E-state index contributed by atoms with van der Waals surface area (Å²) in [6, 6.07) is 0. The number of phosphoric ester groups is 2. The summed E-state index contributed by atoms with van der Waals surface area (Å²) in [5, 5.41) is 20.6. The number of aliphatic hydroxyl groups is 2. The van der Waals surface area contributed by atoms with Crippen molar-refractivity contribution >= 4 is 33.6 Å². The molecule has 0 bridgehead atoms. The van der Waals surface area contributed by atoms with Gasteiger partial charge in [0.15, 0.2) is 6.10 Å². The number of rotatable bonds is 68. The number of esters is 3. The van der Waals surface area contributed by atoms with Gasteiger partial charge in [0.2, 0.25) is 0 Å². The Kier molecular flexibility index (Phi) is 64.3. The minimum absolute atomic E-state index is 0.0978. The zero-order valence-corrected chi connectivity index (χ0v) is 59.0. The van der Waals surface area contributed by atoms with Crippen molar-refractivity contribution in [2.24, 2.45) is 0 Å². The van der Waals surface area contributed by atoms with Crippen LogP contribution in [0.25, 0.3) is 0 Å². The van der Waals surface area contributed by atoms with Gasteiger partial charge in [0.1, 0.15) is 25.4 Å². The average molecular weight is 1330 g/mol. The van der Waals surface area contributed by atoms with E-state index in [0.29, 0.717) is 19.3 Å². The van der Waals surface area contributed by atoms with Crippen LogP contribution in [0.2, 0.25) is 0 Å². The van der Waals surface area contributed by atoms with Crippen LogP contribution < -0.4 is 0 Å². The van der Waals surface area contributed by atoms with Crippen LogP contribution in [0.5, 0.6) is 0 Å². The fraction of sp³-hybridized carbons (Fsp3) is 0.767. The summed E-state index contributed by atoms with van der Waals surface area (Å²) < 4.78 is 60.8. The van der Waals surface area contributed by atoms with Crippen LogP contribution in [-0.2, 0) is 55.8 Å². The first-order valence-electron chi connectivity index (χ1n) is 35.9. The van der Waals surface area contributed by atoms with Crippen molar-refractivity contribution in [2.75, 3.05) is 39.6 Å². The van der Waals surface area contributed by atoms with Gasteiger partial charge in [-0.3, -0.25) is 32.5 Å². The molecule has 0 radical (unpaired) electrons. The number of unbranched alkanes of at least 4 members (excludes halogenated alkanes) is 31. The summed E-state index contributed by atoms with van der Waals surface area (Å²) >= 11 is 0. The normalized spacial score (nSPS) is 14.7. The van der Waals surface area contributed by atoms with E-state index >= 15 is 0 Å². The Morgan fingerprint density at radius 1 is 0.319 bits per heavy atom. The van der Waals surface area contributed by atoms with Gasteiger partial charge in [0.05, 0.1) is 26.4 Å². The molecule has 5 unspecified atom stereocenters. The second-order valence-electron chi connectivity index (χ2n) is 24.0. The van der Waals surface area contributed by atoms with E-state index in [1.54, 1.807) is 0 Å². The summed E-state index contributed by atoms with van der Waals surface area (Å²) in [5.41, 5.74) is 0. The lowest BCUT2D eigenvalue weighted by Gasteiger charge is -2.21. The van der Waals surface area contributed by atoms with E-state index in [0.717, 1.165) is 128 Å². The molecule has 0 saturated carbocycles. The molecular formula is C73H130O16P2. The van der Waals surface area contributed by atoms with Crippen LogP contribution in [0.1, 0.15) is 303 Å². The molecule has 4 N–H and O–H groups in total.